The normalized spacial score (nSPS) is 11.2. The quantitative estimate of drug-likeness (QED) is 0.767. The van der Waals surface area contributed by atoms with Crippen molar-refractivity contribution in [2.45, 2.75) is 12.8 Å². The van der Waals surface area contributed by atoms with Crippen LogP contribution in [0.3, 0.4) is 0 Å². The molecule has 0 aliphatic rings. The number of hydrogen-bond donors (Lipinski definition) is 1. The predicted molar refractivity (Wildman–Crippen MR) is 95.1 cm³/mol. The number of aromatic nitrogens is 2. The van der Waals surface area contributed by atoms with Crippen molar-refractivity contribution < 1.29 is 4.39 Å². The fourth-order valence-corrected chi connectivity index (χ4v) is 2.56. The van der Waals surface area contributed by atoms with Crippen LogP contribution in [0, 0.1) is 35.4 Å². The zero-order chi connectivity index (χ0) is 18.5. The van der Waals surface area contributed by atoms with Gasteiger partial charge in [-0.3, -0.25) is 0 Å². The van der Waals surface area contributed by atoms with Gasteiger partial charge >= 0.3 is 0 Å². The average molecular weight is 343 g/mol. The van der Waals surface area contributed by atoms with Crippen molar-refractivity contribution in [2.24, 2.45) is 0 Å². The smallest absolute Gasteiger partial charge is 0.227 e. The minimum atomic E-state index is -0.834. The van der Waals surface area contributed by atoms with Crippen LogP contribution in [-0.4, -0.2) is 9.97 Å². The maximum absolute atomic E-state index is 14.1. The van der Waals surface area contributed by atoms with Crippen LogP contribution in [0.15, 0.2) is 54.6 Å². The molecule has 0 aliphatic carbocycles. The molecule has 0 amide bonds. The molecular weight excluding hydrogens is 329 g/mol. The van der Waals surface area contributed by atoms with Gasteiger partial charge in [0.25, 0.3) is 0 Å². The molecule has 1 atom stereocenters. The van der Waals surface area contributed by atoms with E-state index < -0.39 is 11.7 Å². The minimum absolute atomic E-state index is 0.275. The summed E-state index contributed by atoms with van der Waals surface area (Å²) in [6.45, 7) is 1.78. The molecule has 1 unspecified atom stereocenters. The average Bonchev–Trinajstić information content (AvgIpc) is 2.64. The minimum Gasteiger partial charge on any atom is -0.324 e. The first-order valence-electron chi connectivity index (χ1n) is 7.87. The number of halogens is 1. The van der Waals surface area contributed by atoms with Crippen LogP contribution in [0.2, 0.25) is 0 Å². The summed E-state index contributed by atoms with van der Waals surface area (Å²) in [6, 6.07) is 18.8. The number of nitrogens with one attached hydrogen (secondary N) is 1. The van der Waals surface area contributed by atoms with Gasteiger partial charge < -0.3 is 5.32 Å². The van der Waals surface area contributed by atoms with Gasteiger partial charge in [-0.05, 0) is 43.3 Å². The molecule has 6 heteroatoms. The molecule has 1 heterocycles. The molecule has 3 aromatic rings. The highest BCUT2D eigenvalue weighted by atomic mass is 19.1. The first-order valence-corrected chi connectivity index (χ1v) is 7.87. The summed E-state index contributed by atoms with van der Waals surface area (Å²) in [5.41, 5.74) is 2.60. The molecule has 5 nitrogen and oxygen atoms in total. The van der Waals surface area contributed by atoms with Gasteiger partial charge in [-0.25, -0.2) is 14.4 Å². The number of rotatable bonds is 4. The Morgan fingerprint density at radius 1 is 1.04 bits per heavy atom. The fourth-order valence-electron chi connectivity index (χ4n) is 2.56. The predicted octanol–water partition coefficient (Wildman–Crippen LogP) is 4.19. The van der Waals surface area contributed by atoms with Crippen molar-refractivity contribution in [3.8, 4) is 12.1 Å². The molecular formula is C20H14FN5. The van der Waals surface area contributed by atoms with Crippen LogP contribution in [-0.2, 0) is 0 Å². The lowest BCUT2D eigenvalue weighted by molar-refractivity contribution is 0.608. The summed E-state index contributed by atoms with van der Waals surface area (Å²) >= 11 is 0. The van der Waals surface area contributed by atoms with E-state index in [1.807, 2.05) is 0 Å². The van der Waals surface area contributed by atoms with E-state index in [-0.39, 0.29) is 5.56 Å². The third-order valence-electron chi connectivity index (χ3n) is 3.79. The van der Waals surface area contributed by atoms with E-state index in [4.69, 9.17) is 5.26 Å². The Morgan fingerprint density at radius 2 is 1.77 bits per heavy atom. The third-order valence-corrected chi connectivity index (χ3v) is 3.79. The van der Waals surface area contributed by atoms with Crippen LogP contribution in [0.5, 0.6) is 0 Å². The van der Waals surface area contributed by atoms with Crippen LogP contribution in [0.4, 0.5) is 16.0 Å². The highest BCUT2D eigenvalue weighted by Gasteiger charge is 2.20. The van der Waals surface area contributed by atoms with Gasteiger partial charge in [-0.15, -0.1) is 0 Å². The summed E-state index contributed by atoms with van der Waals surface area (Å²) in [6.07, 6.45) is 0. The van der Waals surface area contributed by atoms with Gasteiger partial charge in [0.15, 0.2) is 0 Å². The molecule has 26 heavy (non-hydrogen) atoms. The zero-order valence-corrected chi connectivity index (χ0v) is 13.9. The van der Waals surface area contributed by atoms with Gasteiger partial charge in [-0.2, -0.15) is 10.5 Å². The lowest BCUT2D eigenvalue weighted by Gasteiger charge is -2.13. The van der Waals surface area contributed by atoms with E-state index in [0.29, 0.717) is 28.6 Å². The van der Waals surface area contributed by atoms with Crippen molar-refractivity contribution in [1.82, 2.24) is 9.97 Å². The van der Waals surface area contributed by atoms with Crippen molar-refractivity contribution in [3.05, 3.63) is 82.9 Å². The molecule has 0 spiro atoms. The molecule has 0 aliphatic heterocycles. The van der Waals surface area contributed by atoms with Crippen molar-refractivity contribution in [1.29, 1.82) is 10.5 Å². The molecule has 126 valence electrons. The highest BCUT2D eigenvalue weighted by Crippen LogP contribution is 2.26. The Morgan fingerprint density at radius 3 is 2.42 bits per heavy atom. The summed E-state index contributed by atoms with van der Waals surface area (Å²) < 4.78 is 14.1. The largest absolute Gasteiger partial charge is 0.324 e. The molecule has 2 aromatic carbocycles. The van der Waals surface area contributed by atoms with E-state index in [9.17, 15) is 9.65 Å². The van der Waals surface area contributed by atoms with Gasteiger partial charge in [0.05, 0.1) is 23.4 Å². The third kappa shape index (κ3) is 3.66. The second-order valence-corrected chi connectivity index (χ2v) is 5.66. The standard InChI is InChI=1S/C20H14FN5/c1-13-10-19(17(12-23)16-4-2-3-5-18(16)21)26-20(24-13)25-15-8-6-14(11-22)7-9-15/h2-10,17H,1H3,(H,24,25,26). The lowest BCUT2D eigenvalue weighted by atomic mass is 9.96. The molecule has 0 bridgehead atoms. The Hall–Kier alpha value is -3.77. The molecule has 0 radical (unpaired) electrons. The zero-order valence-electron chi connectivity index (χ0n) is 13.9. The number of benzene rings is 2. The molecule has 1 N–H and O–H groups in total. The summed E-state index contributed by atoms with van der Waals surface area (Å²) in [7, 11) is 0. The van der Waals surface area contributed by atoms with Gasteiger partial charge in [-0.1, -0.05) is 18.2 Å². The number of aryl methyl sites for hydroxylation is 1. The Labute approximate surface area is 150 Å². The maximum Gasteiger partial charge on any atom is 0.227 e. The van der Waals surface area contributed by atoms with E-state index in [0.717, 1.165) is 0 Å². The first-order chi connectivity index (χ1) is 12.6. The van der Waals surface area contributed by atoms with Crippen LogP contribution >= 0.6 is 0 Å². The Balaban J connectivity index is 1.95. The Kier molecular flexibility index (Phi) is 4.87. The van der Waals surface area contributed by atoms with Crippen molar-refractivity contribution in [2.75, 3.05) is 5.32 Å². The van der Waals surface area contributed by atoms with Gasteiger partial charge in [0.2, 0.25) is 5.95 Å². The second-order valence-electron chi connectivity index (χ2n) is 5.66. The number of hydrogen-bond acceptors (Lipinski definition) is 5. The van der Waals surface area contributed by atoms with E-state index in [2.05, 4.69) is 27.4 Å². The van der Waals surface area contributed by atoms with Crippen molar-refractivity contribution in [3.63, 3.8) is 0 Å². The topological polar surface area (TPSA) is 85.4 Å². The SMILES string of the molecule is Cc1cc(C(C#N)c2ccccc2F)nc(Nc2ccc(C#N)cc2)n1. The summed E-state index contributed by atoms with van der Waals surface area (Å²) in [5, 5.41) is 21.5. The highest BCUT2D eigenvalue weighted by molar-refractivity contribution is 5.55. The van der Waals surface area contributed by atoms with E-state index >= 15 is 0 Å². The lowest BCUT2D eigenvalue weighted by Crippen LogP contribution is -2.08. The second kappa shape index (κ2) is 7.42. The summed E-state index contributed by atoms with van der Waals surface area (Å²) in [5.74, 6) is -0.974. The summed E-state index contributed by atoms with van der Waals surface area (Å²) in [4.78, 5) is 8.70. The molecule has 3 rings (SSSR count). The van der Waals surface area contributed by atoms with Crippen LogP contribution in [0.25, 0.3) is 0 Å². The molecule has 0 fully saturated rings. The first kappa shape index (κ1) is 17.1. The van der Waals surface area contributed by atoms with E-state index in [1.54, 1.807) is 55.5 Å². The van der Waals surface area contributed by atoms with E-state index in [1.165, 1.54) is 6.07 Å². The van der Waals surface area contributed by atoms with Crippen LogP contribution in [0.1, 0.15) is 28.4 Å². The number of nitrogens with zero attached hydrogens (tertiary/aromatic N) is 4. The molecule has 1 aromatic heterocycles. The number of anilines is 2. The fraction of sp³-hybridized carbons (Fsp3) is 0.100. The molecule has 0 saturated heterocycles. The van der Waals surface area contributed by atoms with Crippen molar-refractivity contribution >= 4 is 11.6 Å². The monoisotopic (exact) mass is 343 g/mol. The number of nitriles is 2. The molecule has 0 saturated carbocycles. The van der Waals surface area contributed by atoms with Crippen LogP contribution < -0.4 is 5.32 Å². The van der Waals surface area contributed by atoms with Gasteiger partial charge in [0.1, 0.15) is 11.7 Å². The van der Waals surface area contributed by atoms with Gasteiger partial charge in [0, 0.05) is 16.9 Å². The maximum atomic E-state index is 14.1. The Bertz CT molecular complexity index is 1020.